The summed E-state index contributed by atoms with van der Waals surface area (Å²) < 4.78 is 0. The van der Waals surface area contributed by atoms with Crippen LogP contribution >= 0.6 is 0 Å². The van der Waals surface area contributed by atoms with E-state index in [1.54, 1.807) is 6.92 Å². The van der Waals surface area contributed by atoms with Crippen LogP contribution in [0.4, 0.5) is 0 Å². The fourth-order valence-corrected chi connectivity index (χ4v) is 0.745. The van der Waals surface area contributed by atoms with Gasteiger partial charge >= 0.3 is 0 Å². The molecular weight excluding hydrogens is 146 g/mol. The van der Waals surface area contributed by atoms with Crippen LogP contribution in [0, 0.1) is 29.1 Å². The third-order valence-corrected chi connectivity index (χ3v) is 1.40. The van der Waals surface area contributed by atoms with Crippen molar-refractivity contribution in [3.05, 3.63) is 35.9 Å². The second-order valence-electron chi connectivity index (χ2n) is 2.49. The molecule has 1 unspecified atom stereocenters. The molecule has 1 atom stereocenters. The first-order valence-corrected chi connectivity index (χ1v) is 3.79. The molecule has 0 saturated heterocycles. The molecule has 1 nitrogen and oxygen atoms in total. The minimum absolute atomic E-state index is 0.190. The van der Waals surface area contributed by atoms with E-state index in [-0.39, 0.29) is 5.92 Å². The monoisotopic (exact) mass is 155 g/mol. The van der Waals surface area contributed by atoms with Crippen molar-refractivity contribution in [3.8, 4) is 17.9 Å². The molecule has 0 aliphatic rings. The van der Waals surface area contributed by atoms with Crippen LogP contribution in [0.5, 0.6) is 0 Å². The van der Waals surface area contributed by atoms with Gasteiger partial charge in [0.05, 0.1) is 6.07 Å². The Morgan fingerprint density at radius 3 is 2.50 bits per heavy atom. The van der Waals surface area contributed by atoms with Gasteiger partial charge in [-0.15, -0.1) is 0 Å². The maximum atomic E-state index is 8.46. The summed E-state index contributed by atoms with van der Waals surface area (Å²) in [4.78, 5) is 0. The average molecular weight is 155 g/mol. The van der Waals surface area contributed by atoms with Gasteiger partial charge < -0.3 is 0 Å². The molecule has 0 aromatic heterocycles. The summed E-state index contributed by atoms with van der Waals surface area (Å²) in [6.07, 6.45) is 0. The SMILES string of the molecule is CC(C#N)C#Cc1ccccc1. The molecule has 0 N–H and O–H groups in total. The second-order valence-corrected chi connectivity index (χ2v) is 2.49. The van der Waals surface area contributed by atoms with Crippen LogP contribution in [-0.4, -0.2) is 0 Å². The third-order valence-electron chi connectivity index (χ3n) is 1.40. The summed E-state index contributed by atoms with van der Waals surface area (Å²) in [6, 6.07) is 11.7. The Balaban J connectivity index is 2.75. The van der Waals surface area contributed by atoms with E-state index in [2.05, 4.69) is 17.9 Å². The van der Waals surface area contributed by atoms with E-state index in [1.165, 1.54) is 0 Å². The van der Waals surface area contributed by atoms with Gasteiger partial charge in [0.2, 0.25) is 0 Å². The first kappa shape index (κ1) is 8.37. The van der Waals surface area contributed by atoms with Crippen LogP contribution in [0.2, 0.25) is 0 Å². The fourth-order valence-electron chi connectivity index (χ4n) is 0.745. The van der Waals surface area contributed by atoms with Crippen LogP contribution in [0.25, 0.3) is 0 Å². The van der Waals surface area contributed by atoms with E-state index >= 15 is 0 Å². The predicted octanol–water partition coefficient (Wildman–Crippen LogP) is 2.20. The van der Waals surface area contributed by atoms with Crippen LogP contribution in [-0.2, 0) is 0 Å². The van der Waals surface area contributed by atoms with Crippen molar-refractivity contribution in [2.45, 2.75) is 6.92 Å². The van der Waals surface area contributed by atoms with Crippen molar-refractivity contribution in [2.75, 3.05) is 0 Å². The summed E-state index contributed by atoms with van der Waals surface area (Å²) in [5, 5.41) is 8.46. The van der Waals surface area contributed by atoms with Crippen molar-refractivity contribution < 1.29 is 0 Å². The third kappa shape index (κ3) is 2.48. The Morgan fingerprint density at radius 2 is 1.92 bits per heavy atom. The molecule has 1 aromatic rings. The van der Waals surface area contributed by atoms with E-state index < -0.39 is 0 Å². The first-order chi connectivity index (χ1) is 5.83. The highest BCUT2D eigenvalue weighted by Crippen LogP contribution is 1.96. The van der Waals surface area contributed by atoms with Gasteiger partial charge in [0.15, 0.2) is 0 Å². The van der Waals surface area contributed by atoms with Crippen molar-refractivity contribution in [1.82, 2.24) is 0 Å². The highest BCUT2D eigenvalue weighted by atomic mass is 14.2. The molecule has 0 radical (unpaired) electrons. The highest BCUT2D eigenvalue weighted by molar-refractivity contribution is 5.34. The number of nitriles is 1. The lowest BCUT2D eigenvalue weighted by Crippen LogP contribution is -1.82. The molecule has 58 valence electrons. The normalized spacial score (nSPS) is 10.7. The molecule has 0 heterocycles. The maximum absolute atomic E-state index is 8.46. The van der Waals surface area contributed by atoms with Gasteiger partial charge in [0.1, 0.15) is 5.92 Å². The Bertz CT molecular complexity index is 335. The van der Waals surface area contributed by atoms with Crippen LogP contribution in [0.15, 0.2) is 30.3 Å². The lowest BCUT2D eigenvalue weighted by molar-refractivity contribution is 0.996. The van der Waals surface area contributed by atoms with Gasteiger partial charge in [-0.05, 0) is 19.1 Å². The van der Waals surface area contributed by atoms with Gasteiger partial charge in [0, 0.05) is 5.56 Å². The zero-order valence-electron chi connectivity index (χ0n) is 6.91. The van der Waals surface area contributed by atoms with Crippen LogP contribution in [0.1, 0.15) is 12.5 Å². The van der Waals surface area contributed by atoms with E-state index in [9.17, 15) is 0 Å². The van der Waals surface area contributed by atoms with Crippen molar-refractivity contribution in [3.63, 3.8) is 0 Å². The number of benzene rings is 1. The Kier molecular flexibility index (Phi) is 2.94. The molecule has 0 aliphatic carbocycles. The van der Waals surface area contributed by atoms with E-state index in [0.29, 0.717) is 0 Å². The molecule has 0 bridgehead atoms. The summed E-state index contributed by atoms with van der Waals surface area (Å²) in [7, 11) is 0. The van der Waals surface area contributed by atoms with E-state index in [1.807, 2.05) is 30.3 Å². The van der Waals surface area contributed by atoms with Crippen LogP contribution < -0.4 is 0 Å². The maximum Gasteiger partial charge on any atom is 0.105 e. The number of rotatable bonds is 0. The van der Waals surface area contributed by atoms with E-state index in [4.69, 9.17) is 5.26 Å². The van der Waals surface area contributed by atoms with Gasteiger partial charge in [0.25, 0.3) is 0 Å². The molecule has 0 spiro atoms. The Hall–Kier alpha value is -1.73. The molecule has 1 aromatic carbocycles. The summed E-state index contributed by atoms with van der Waals surface area (Å²) >= 11 is 0. The quantitative estimate of drug-likeness (QED) is 0.527. The number of hydrogen-bond acceptors (Lipinski definition) is 1. The zero-order valence-corrected chi connectivity index (χ0v) is 6.91. The molecule has 0 aliphatic heterocycles. The predicted molar refractivity (Wildman–Crippen MR) is 48.1 cm³/mol. The van der Waals surface area contributed by atoms with Crippen molar-refractivity contribution in [2.24, 2.45) is 5.92 Å². The number of hydrogen-bond donors (Lipinski definition) is 0. The standard InChI is InChI=1S/C11H9N/c1-10(9-12)7-8-11-5-3-2-4-6-11/h2-6,10H,1H3. The average Bonchev–Trinajstić information content (AvgIpc) is 2.16. The molecule has 1 rings (SSSR count). The zero-order chi connectivity index (χ0) is 8.81. The molecular formula is C11H9N. The molecule has 12 heavy (non-hydrogen) atoms. The van der Waals surface area contributed by atoms with Gasteiger partial charge in [-0.2, -0.15) is 5.26 Å². The minimum atomic E-state index is -0.190. The summed E-state index contributed by atoms with van der Waals surface area (Å²) in [6.45, 7) is 1.79. The molecule has 0 fully saturated rings. The minimum Gasteiger partial charge on any atom is -0.197 e. The number of nitrogens with zero attached hydrogens (tertiary/aromatic N) is 1. The van der Waals surface area contributed by atoms with Crippen LogP contribution in [0.3, 0.4) is 0 Å². The van der Waals surface area contributed by atoms with Gasteiger partial charge in [-0.1, -0.05) is 30.0 Å². The lowest BCUT2D eigenvalue weighted by atomic mass is 10.2. The van der Waals surface area contributed by atoms with Gasteiger partial charge in [-0.25, -0.2) is 0 Å². The molecule has 0 saturated carbocycles. The fraction of sp³-hybridized carbons (Fsp3) is 0.182. The lowest BCUT2D eigenvalue weighted by Gasteiger charge is -1.87. The smallest absolute Gasteiger partial charge is 0.105 e. The first-order valence-electron chi connectivity index (χ1n) is 3.79. The van der Waals surface area contributed by atoms with Crippen molar-refractivity contribution >= 4 is 0 Å². The summed E-state index contributed by atoms with van der Waals surface area (Å²) in [5.41, 5.74) is 0.958. The van der Waals surface area contributed by atoms with Crippen molar-refractivity contribution in [1.29, 1.82) is 5.26 Å². The Labute approximate surface area is 72.6 Å². The summed E-state index contributed by atoms with van der Waals surface area (Å²) in [5.74, 6) is 5.57. The highest BCUT2D eigenvalue weighted by Gasteiger charge is 1.88. The molecule has 1 heteroatoms. The second kappa shape index (κ2) is 4.21. The molecule has 0 amide bonds. The van der Waals surface area contributed by atoms with E-state index in [0.717, 1.165) is 5.56 Å². The largest absolute Gasteiger partial charge is 0.197 e. The topological polar surface area (TPSA) is 23.8 Å². The Morgan fingerprint density at radius 1 is 1.25 bits per heavy atom. The van der Waals surface area contributed by atoms with Gasteiger partial charge in [-0.3, -0.25) is 0 Å².